The van der Waals surface area contributed by atoms with E-state index in [9.17, 15) is 14.7 Å². The molecule has 10 heteroatoms. The van der Waals surface area contributed by atoms with Crippen LogP contribution in [0.15, 0.2) is 113 Å². The van der Waals surface area contributed by atoms with Gasteiger partial charge in [0.25, 0.3) is 0 Å². The van der Waals surface area contributed by atoms with Crippen LogP contribution in [0.2, 0.25) is 0 Å². The molecule has 1 N–H and O–H groups in total. The Labute approximate surface area is 319 Å². The monoisotopic (exact) mass is 740 g/mol. The van der Waals surface area contributed by atoms with Gasteiger partial charge in [-0.2, -0.15) is 0 Å². The minimum atomic E-state index is -0.739. The number of rotatable bonds is 7. The number of aliphatic hydroxyl groups is 1. The van der Waals surface area contributed by atoms with Gasteiger partial charge in [0.2, 0.25) is 5.89 Å². The smallest absolute Gasteiger partial charge is 0.360 e. The van der Waals surface area contributed by atoms with E-state index in [-0.39, 0.29) is 53.2 Å². The zero-order chi connectivity index (χ0) is 39.1. The quantitative estimate of drug-likeness (QED) is 0.166. The van der Waals surface area contributed by atoms with E-state index in [1.54, 1.807) is 25.3 Å². The fraction of sp³-hybridized carbons (Fsp3) is 0.455. The number of oxazole rings is 2. The Kier molecular flexibility index (Phi) is 15.7. The minimum Gasteiger partial charge on any atom is -0.457 e. The lowest BCUT2D eigenvalue weighted by molar-refractivity contribution is -0.00641. The number of methoxy groups -OCH3 is 1. The Morgan fingerprint density at radius 2 is 1.61 bits per heavy atom. The first kappa shape index (κ1) is 42.1. The summed E-state index contributed by atoms with van der Waals surface area (Å²) in [5, 5.41) is 11.0. The largest absolute Gasteiger partial charge is 0.457 e. The third-order valence-electron chi connectivity index (χ3n) is 9.97. The molecule has 54 heavy (non-hydrogen) atoms. The molecule has 0 radical (unpaired) electrons. The average molecular weight is 741 g/mol. The van der Waals surface area contributed by atoms with E-state index >= 15 is 0 Å². The molecule has 1 saturated heterocycles. The van der Waals surface area contributed by atoms with Crippen LogP contribution in [-0.2, 0) is 20.6 Å². The Morgan fingerprint density at radius 3 is 2.37 bits per heavy atom. The van der Waals surface area contributed by atoms with Crippen molar-refractivity contribution in [3.8, 4) is 0 Å². The van der Waals surface area contributed by atoms with Gasteiger partial charge in [0.1, 0.15) is 36.5 Å². The number of hydrogen-bond acceptors (Lipinski definition) is 10. The summed E-state index contributed by atoms with van der Waals surface area (Å²) < 4.78 is 28.7. The van der Waals surface area contributed by atoms with Gasteiger partial charge in [-0.25, -0.2) is 14.8 Å². The molecule has 2 aromatic heterocycles. The first-order valence-electron chi connectivity index (χ1n) is 18.6. The van der Waals surface area contributed by atoms with Crippen molar-refractivity contribution >= 4 is 17.8 Å². The van der Waals surface area contributed by atoms with Crippen molar-refractivity contribution in [1.29, 1.82) is 0 Å². The molecule has 0 amide bonds. The number of allylic oxidation sites excluding steroid dienone is 10. The molecule has 4 rings (SSSR count). The van der Waals surface area contributed by atoms with E-state index < -0.39 is 23.6 Å². The van der Waals surface area contributed by atoms with Crippen LogP contribution in [0, 0.1) is 16.7 Å². The number of carbonyl (C=O) groups excluding carboxylic acids is 2. The van der Waals surface area contributed by atoms with Crippen molar-refractivity contribution in [2.75, 3.05) is 7.11 Å². The fourth-order valence-corrected chi connectivity index (χ4v) is 6.04. The average Bonchev–Trinajstić information content (AvgIpc) is 3.46. The molecule has 4 heterocycles. The number of ether oxygens (including phenoxy) is 3. The Hall–Kier alpha value is -4.64. The van der Waals surface area contributed by atoms with Crippen LogP contribution in [0.4, 0.5) is 0 Å². The zero-order valence-corrected chi connectivity index (χ0v) is 32.6. The van der Waals surface area contributed by atoms with Gasteiger partial charge >= 0.3 is 5.97 Å². The maximum atomic E-state index is 13.4. The lowest BCUT2D eigenvalue weighted by Gasteiger charge is -2.36. The number of aliphatic hydroxyl groups excluding tert-OH is 1. The maximum absolute atomic E-state index is 13.4. The normalized spacial score (nSPS) is 28.1. The van der Waals surface area contributed by atoms with Crippen LogP contribution in [0.1, 0.15) is 100.0 Å². The molecule has 0 aliphatic carbocycles. The van der Waals surface area contributed by atoms with Crippen molar-refractivity contribution in [1.82, 2.24) is 9.97 Å². The second-order valence-corrected chi connectivity index (χ2v) is 14.9. The van der Waals surface area contributed by atoms with Gasteiger partial charge in [0, 0.05) is 31.4 Å². The molecule has 2 aromatic rings. The lowest BCUT2D eigenvalue weighted by Crippen LogP contribution is -2.36. The molecule has 0 unspecified atom stereocenters. The predicted octanol–water partition coefficient (Wildman–Crippen LogP) is 8.95. The summed E-state index contributed by atoms with van der Waals surface area (Å²) >= 11 is 0. The number of Topliss-reactive ketones (excluding diaryl/α,β-unsaturated/α-hetero) is 1. The Morgan fingerprint density at radius 1 is 0.870 bits per heavy atom. The molecule has 1 fully saturated rings. The van der Waals surface area contributed by atoms with Crippen molar-refractivity contribution in [3.63, 3.8) is 0 Å². The van der Waals surface area contributed by atoms with E-state index in [1.807, 2.05) is 101 Å². The van der Waals surface area contributed by atoms with Gasteiger partial charge in [-0.05, 0) is 38.0 Å². The van der Waals surface area contributed by atoms with E-state index in [0.29, 0.717) is 31.0 Å². The highest BCUT2D eigenvalue weighted by molar-refractivity contribution is 5.94. The summed E-state index contributed by atoms with van der Waals surface area (Å²) in [6, 6.07) is 0. The number of cyclic esters (lactones) is 1. The summed E-state index contributed by atoms with van der Waals surface area (Å²) in [7, 11) is 1.60. The van der Waals surface area contributed by atoms with Crippen LogP contribution >= 0.6 is 0 Å². The van der Waals surface area contributed by atoms with Crippen molar-refractivity contribution in [3.05, 3.63) is 127 Å². The zero-order valence-electron chi connectivity index (χ0n) is 32.6. The van der Waals surface area contributed by atoms with Crippen LogP contribution in [-0.4, -0.2) is 64.5 Å². The first-order chi connectivity index (χ1) is 25.9. The van der Waals surface area contributed by atoms with E-state index in [4.69, 9.17) is 23.0 Å². The topological polar surface area (TPSA) is 137 Å². The number of ketones is 1. The SMILES string of the molecule is C/C=C/CC(C)(C)[C@@H]1C/C=C\[C@H]2O[C@H]2/C=C/C=C\c2nc(co2)C(=O)C[C@H](C(C)(C)[C@@H](O)/C=C/C)C\C=C/C=C\C=C\[C@H](OC)Cc2nc(co2)C(=O)O1. The second kappa shape index (κ2) is 20.2. The summed E-state index contributed by atoms with van der Waals surface area (Å²) in [4.78, 5) is 35.6. The van der Waals surface area contributed by atoms with Crippen molar-refractivity contribution in [2.24, 2.45) is 16.7 Å². The number of epoxide rings is 1. The number of nitrogens with zero attached hydrogens (tertiary/aromatic N) is 2. The standard InChI is InChI=1S/C44H56N2O8/c1-8-10-26-43(3,4)39-24-18-23-37-36(53-37)22-16-17-25-40-45-33(29-51-40)35(47)27-31(44(5,6)38(48)19-9-2)20-14-12-11-13-15-21-32(50-7)28-41-46-34(30-52-41)42(49)54-39/h8-19,21-23,25,29-32,36-39,48H,20,24,26-28H2,1-7H3/b10-8+,13-11-,14-12-,19-9+,21-15+,22-16+,23-18-,25-17-/t31-,32+,36+,37-,38+,39+/m1/s1. The molecule has 10 nitrogen and oxygen atoms in total. The third kappa shape index (κ3) is 12.5. The van der Waals surface area contributed by atoms with Crippen LogP contribution in [0.5, 0.6) is 0 Å². The van der Waals surface area contributed by atoms with E-state index in [2.05, 4.69) is 29.9 Å². The summed E-state index contributed by atoms with van der Waals surface area (Å²) in [5.74, 6) is -0.213. The van der Waals surface area contributed by atoms with Gasteiger partial charge < -0.3 is 28.2 Å². The van der Waals surface area contributed by atoms with Crippen molar-refractivity contribution < 1.29 is 37.7 Å². The number of carbonyl (C=O) groups is 2. The molecule has 0 spiro atoms. The number of hydrogen-bond donors (Lipinski definition) is 1. The van der Waals surface area contributed by atoms with Crippen molar-refractivity contribution in [2.45, 2.75) is 104 Å². The van der Waals surface area contributed by atoms with Gasteiger partial charge in [-0.3, -0.25) is 4.79 Å². The summed E-state index contributed by atoms with van der Waals surface area (Å²) in [6.07, 6.45) is 33.6. The first-order valence-corrected chi connectivity index (χ1v) is 18.6. The lowest BCUT2D eigenvalue weighted by atomic mass is 9.70. The Bertz CT molecular complexity index is 1760. The highest BCUT2D eigenvalue weighted by Gasteiger charge is 2.37. The molecule has 0 saturated carbocycles. The van der Waals surface area contributed by atoms with Gasteiger partial charge in [0.15, 0.2) is 17.4 Å². The molecule has 2 aliphatic rings. The molecule has 6 atom stereocenters. The van der Waals surface area contributed by atoms with Gasteiger partial charge in [-0.15, -0.1) is 0 Å². The van der Waals surface area contributed by atoms with Gasteiger partial charge in [-0.1, -0.05) is 119 Å². The van der Waals surface area contributed by atoms with Crippen LogP contribution in [0.25, 0.3) is 6.08 Å². The number of fused-ring (bicyclic) bond motifs is 5. The van der Waals surface area contributed by atoms with Crippen LogP contribution < -0.4 is 0 Å². The number of esters is 1. The molecule has 290 valence electrons. The molecular weight excluding hydrogens is 684 g/mol. The maximum Gasteiger partial charge on any atom is 0.360 e. The molecular formula is C44H56N2O8. The molecule has 2 aliphatic heterocycles. The number of aromatic nitrogens is 2. The summed E-state index contributed by atoms with van der Waals surface area (Å²) in [5.41, 5.74) is -0.596. The third-order valence-corrected chi connectivity index (χ3v) is 9.97. The minimum absolute atomic E-state index is 0.0907. The Balaban J connectivity index is 1.57. The van der Waals surface area contributed by atoms with Crippen LogP contribution in [0.3, 0.4) is 0 Å². The van der Waals surface area contributed by atoms with Gasteiger partial charge in [0.05, 0.1) is 18.6 Å². The predicted molar refractivity (Wildman–Crippen MR) is 210 cm³/mol. The molecule has 0 aromatic carbocycles. The summed E-state index contributed by atoms with van der Waals surface area (Å²) in [6.45, 7) is 11.9. The second-order valence-electron chi connectivity index (χ2n) is 14.9. The molecule has 4 bridgehead atoms. The van der Waals surface area contributed by atoms with E-state index in [1.165, 1.54) is 12.5 Å². The van der Waals surface area contributed by atoms with E-state index in [0.717, 1.165) is 6.42 Å². The highest BCUT2D eigenvalue weighted by Crippen LogP contribution is 2.38. The highest BCUT2D eigenvalue weighted by atomic mass is 16.6. The fourth-order valence-electron chi connectivity index (χ4n) is 6.04.